The predicted molar refractivity (Wildman–Crippen MR) is 63.8 cm³/mol. The molecule has 6 heteroatoms. The Balaban J connectivity index is 3.05. The number of benzene rings is 1. The lowest BCUT2D eigenvalue weighted by atomic mass is 10.2. The van der Waals surface area contributed by atoms with Gasteiger partial charge in [0.2, 0.25) is 0 Å². The summed E-state index contributed by atoms with van der Waals surface area (Å²) in [5.41, 5.74) is -0.306. The third-order valence-electron chi connectivity index (χ3n) is 2.05. The van der Waals surface area contributed by atoms with Gasteiger partial charge in [0.15, 0.2) is 0 Å². The molecule has 0 saturated heterocycles. The molecule has 0 aromatic heterocycles. The Kier molecular flexibility index (Phi) is 4.69. The van der Waals surface area contributed by atoms with Crippen LogP contribution < -0.4 is 0 Å². The molecule has 1 aromatic carbocycles. The van der Waals surface area contributed by atoms with E-state index in [1.54, 1.807) is 0 Å². The fourth-order valence-electron chi connectivity index (χ4n) is 1.30. The van der Waals surface area contributed by atoms with Crippen molar-refractivity contribution in [1.82, 2.24) is 4.90 Å². The monoisotopic (exact) mass is 269 g/mol. The molecule has 0 aliphatic carbocycles. The molecule has 4 nitrogen and oxygen atoms in total. The average Bonchev–Trinajstić information content (AvgIpc) is 2.30. The zero-order chi connectivity index (χ0) is 13.7. The molecular formula is C12H9ClFNO3. The van der Waals surface area contributed by atoms with Crippen LogP contribution in [0.15, 0.2) is 18.2 Å². The summed E-state index contributed by atoms with van der Waals surface area (Å²) in [6.07, 6.45) is 5.03. The van der Waals surface area contributed by atoms with Gasteiger partial charge in [0.1, 0.15) is 12.4 Å². The Labute approximate surface area is 108 Å². The van der Waals surface area contributed by atoms with Crippen LogP contribution in [-0.2, 0) is 4.79 Å². The number of nitrogens with zero attached hydrogens (tertiary/aromatic N) is 1. The Morgan fingerprint density at radius 2 is 2.17 bits per heavy atom. The second-order valence-corrected chi connectivity index (χ2v) is 3.82. The maximum absolute atomic E-state index is 13.5. The van der Waals surface area contributed by atoms with Crippen molar-refractivity contribution in [2.75, 3.05) is 13.1 Å². The molecule has 0 radical (unpaired) electrons. The van der Waals surface area contributed by atoms with Crippen molar-refractivity contribution in [3.63, 3.8) is 0 Å². The molecule has 0 saturated carbocycles. The molecule has 1 aromatic rings. The Hall–Kier alpha value is -2.06. The van der Waals surface area contributed by atoms with E-state index >= 15 is 0 Å². The lowest BCUT2D eigenvalue weighted by Gasteiger charge is -2.18. The summed E-state index contributed by atoms with van der Waals surface area (Å²) in [6.45, 7) is -0.827. The van der Waals surface area contributed by atoms with Gasteiger partial charge in [-0.05, 0) is 18.2 Å². The van der Waals surface area contributed by atoms with E-state index in [-0.39, 0.29) is 17.1 Å². The zero-order valence-electron chi connectivity index (χ0n) is 9.19. The number of hydrogen-bond acceptors (Lipinski definition) is 2. The van der Waals surface area contributed by atoms with Crippen molar-refractivity contribution in [1.29, 1.82) is 0 Å². The number of carboxylic acid groups (broad SMARTS) is 1. The quantitative estimate of drug-likeness (QED) is 0.846. The lowest BCUT2D eigenvalue weighted by Crippen LogP contribution is -2.36. The van der Waals surface area contributed by atoms with Gasteiger partial charge in [-0.1, -0.05) is 17.5 Å². The summed E-state index contributed by atoms with van der Waals surface area (Å²) >= 11 is 5.65. The van der Waals surface area contributed by atoms with Crippen LogP contribution in [0, 0.1) is 18.2 Å². The highest BCUT2D eigenvalue weighted by molar-refractivity contribution is 6.31. The van der Waals surface area contributed by atoms with Gasteiger partial charge in [-0.2, -0.15) is 0 Å². The highest BCUT2D eigenvalue weighted by Gasteiger charge is 2.21. The van der Waals surface area contributed by atoms with E-state index in [2.05, 4.69) is 5.92 Å². The molecule has 18 heavy (non-hydrogen) atoms. The average molecular weight is 270 g/mol. The van der Waals surface area contributed by atoms with Crippen LogP contribution in [0.25, 0.3) is 0 Å². The van der Waals surface area contributed by atoms with Crippen molar-refractivity contribution in [3.8, 4) is 12.3 Å². The van der Waals surface area contributed by atoms with Crippen molar-refractivity contribution in [2.45, 2.75) is 0 Å². The molecule has 1 amide bonds. The summed E-state index contributed by atoms with van der Waals surface area (Å²) in [6, 6.07) is 3.45. The third kappa shape index (κ3) is 3.47. The van der Waals surface area contributed by atoms with Gasteiger partial charge < -0.3 is 10.0 Å². The van der Waals surface area contributed by atoms with Gasteiger partial charge >= 0.3 is 5.97 Å². The predicted octanol–water partition coefficient (Wildman–Crippen LogP) is 1.64. The van der Waals surface area contributed by atoms with Crippen LogP contribution in [0.2, 0.25) is 5.02 Å². The first-order chi connectivity index (χ1) is 8.45. The van der Waals surface area contributed by atoms with Gasteiger partial charge in [0.25, 0.3) is 5.91 Å². The van der Waals surface area contributed by atoms with Gasteiger partial charge in [-0.25, -0.2) is 4.39 Å². The summed E-state index contributed by atoms with van der Waals surface area (Å²) < 4.78 is 13.5. The van der Waals surface area contributed by atoms with Crippen LogP contribution >= 0.6 is 11.6 Å². The second kappa shape index (κ2) is 6.03. The van der Waals surface area contributed by atoms with Crippen LogP contribution in [-0.4, -0.2) is 35.0 Å². The van der Waals surface area contributed by atoms with Crippen LogP contribution in [0.5, 0.6) is 0 Å². The zero-order valence-corrected chi connectivity index (χ0v) is 9.95. The van der Waals surface area contributed by atoms with Crippen molar-refractivity contribution in [3.05, 3.63) is 34.6 Å². The van der Waals surface area contributed by atoms with E-state index in [1.165, 1.54) is 6.07 Å². The number of terminal acetylenes is 1. The van der Waals surface area contributed by atoms with E-state index in [0.29, 0.717) is 0 Å². The maximum Gasteiger partial charge on any atom is 0.323 e. The van der Waals surface area contributed by atoms with Gasteiger partial charge in [-0.3, -0.25) is 9.59 Å². The molecule has 0 atom stereocenters. The van der Waals surface area contributed by atoms with Crippen LogP contribution in [0.4, 0.5) is 4.39 Å². The number of rotatable bonds is 4. The molecule has 94 valence electrons. The van der Waals surface area contributed by atoms with Gasteiger partial charge in [0.05, 0.1) is 12.1 Å². The summed E-state index contributed by atoms with van der Waals surface area (Å²) in [4.78, 5) is 23.3. The Bertz CT molecular complexity index is 525. The highest BCUT2D eigenvalue weighted by Crippen LogP contribution is 2.16. The largest absolute Gasteiger partial charge is 0.480 e. The SMILES string of the molecule is C#CCN(CC(=O)O)C(=O)c1cc(Cl)ccc1F. The summed E-state index contributed by atoms with van der Waals surface area (Å²) in [5, 5.41) is 8.82. The number of halogens is 2. The molecule has 1 rings (SSSR count). The first kappa shape index (κ1) is 14.0. The summed E-state index contributed by atoms with van der Waals surface area (Å²) in [7, 11) is 0. The number of aliphatic carboxylic acids is 1. The molecule has 0 bridgehead atoms. The number of carbonyl (C=O) groups excluding carboxylic acids is 1. The lowest BCUT2D eigenvalue weighted by molar-refractivity contribution is -0.137. The smallest absolute Gasteiger partial charge is 0.323 e. The molecule has 0 aliphatic heterocycles. The molecule has 0 fully saturated rings. The molecule has 0 aliphatic rings. The fraction of sp³-hybridized carbons (Fsp3) is 0.167. The topological polar surface area (TPSA) is 57.6 Å². The number of carbonyl (C=O) groups is 2. The molecule has 0 heterocycles. The second-order valence-electron chi connectivity index (χ2n) is 3.38. The number of amides is 1. The van der Waals surface area contributed by atoms with E-state index in [0.717, 1.165) is 17.0 Å². The maximum atomic E-state index is 13.5. The van der Waals surface area contributed by atoms with Crippen molar-refractivity contribution >= 4 is 23.5 Å². The van der Waals surface area contributed by atoms with E-state index < -0.39 is 24.2 Å². The normalized spacial score (nSPS) is 9.61. The Morgan fingerprint density at radius 3 is 2.72 bits per heavy atom. The van der Waals surface area contributed by atoms with E-state index in [1.807, 2.05) is 0 Å². The van der Waals surface area contributed by atoms with E-state index in [4.69, 9.17) is 23.1 Å². The molecular weight excluding hydrogens is 261 g/mol. The van der Waals surface area contributed by atoms with Crippen LogP contribution in [0.3, 0.4) is 0 Å². The van der Waals surface area contributed by atoms with Crippen molar-refractivity contribution < 1.29 is 19.1 Å². The molecule has 0 unspecified atom stereocenters. The first-order valence-corrected chi connectivity index (χ1v) is 5.23. The standard InChI is InChI=1S/C12H9ClFNO3/c1-2-5-15(7-11(16)17)12(18)9-6-8(13)3-4-10(9)14/h1,3-4,6H,5,7H2,(H,16,17). The fourth-order valence-corrected chi connectivity index (χ4v) is 1.48. The van der Waals surface area contributed by atoms with E-state index in [9.17, 15) is 14.0 Å². The van der Waals surface area contributed by atoms with Crippen molar-refractivity contribution in [2.24, 2.45) is 0 Å². The highest BCUT2D eigenvalue weighted by atomic mass is 35.5. The minimum Gasteiger partial charge on any atom is -0.480 e. The number of hydrogen-bond donors (Lipinski definition) is 1. The Morgan fingerprint density at radius 1 is 1.50 bits per heavy atom. The van der Waals surface area contributed by atoms with Crippen LogP contribution in [0.1, 0.15) is 10.4 Å². The minimum absolute atomic E-state index is 0.177. The minimum atomic E-state index is -1.24. The molecule has 1 N–H and O–H groups in total. The molecule has 0 spiro atoms. The first-order valence-electron chi connectivity index (χ1n) is 4.85. The summed E-state index contributed by atoms with van der Waals surface area (Å²) in [5.74, 6) is -0.682. The van der Waals surface area contributed by atoms with Gasteiger partial charge in [0, 0.05) is 5.02 Å². The van der Waals surface area contributed by atoms with Gasteiger partial charge in [-0.15, -0.1) is 6.42 Å². The number of carboxylic acids is 1. The third-order valence-corrected chi connectivity index (χ3v) is 2.29.